The van der Waals surface area contributed by atoms with Crippen molar-refractivity contribution < 1.29 is 17.6 Å². The van der Waals surface area contributed by atoms with Crippen LogP contribution in [-0.4, -0.2) is 0 Å². The first-order valence-corrected chi connectivity index (χ1v) is 9.50. The van der Waals surface area contributed by atoms with Crippen molar-refractivity contribution in [3.05, 3.63) is 76.9 Å². The summed E-state index contributed by atoms with van der Waals surface area (Å²) >= 11 is 0.554. The minimum atomic E-state index is -4.41. The molecule has 0 radical (unpaired) electrons. The molecule has 27 heavy (non-hydrogen) atoms. The molecular formula is C22H16F4S. The Morgan fingerprint density at radius 3 is 2.11 bits per heavy atom. The zero-order chi connectivity index (χ0) is 19.0. The van der Waals surface area contributed by atoms with Gasteiger partial charge in [-0.2, -0.15) is 13.2 Å². The van der Waals surface area contributed by atoms with Gasteiger partial charge in [0, 0.05) is 10.4 Å². The molecule has 0 saturated heterocycles. The Labute approximate surface area is 158 Å². The molecule has 1 aliphatic rings. The van der Waals surface area contributed by atoms with Crippen LogP contribution in [0.2, 0.25) is 0 Å². The van der Waals surface area contributed by atoms with Crippen LogP contribution in [-0.2, 0) is 6.18 Å². The van der Waals surface area contributed by atoms with Gasteiger partial charge in [-0.1, -0.05) is 36.4 Å². The topological polar surface area (TPSA) is 0 Å². The number of rotatable bonds is 3. The fourth-order valence-electron chi connectivity index (χ4n) is 3.34. The summed E-state index contributed by atoms with van der Waals surface area (Å²) in [5.74, 6) is -0.523. The number of allylic oxidation sites excluding steroid dienone is 2. The summed E-state index contributed by atoms with van der Waals surface area (Å²) in [6, 6.07) is 15.0. The highest BCUT2D eigenvalue weighted by molar-refractivity contribution is 7.15. The number of hydrogen-bond acceptors (Lipinski definition) is 1. The van der Waals surface area contributed by atoms with Gasteiger partial charge in [0.15, 0.2) is 0 Å². The Balaban J connectivity index is 1.61. The van der Waals surface area contributed by atoms with Gasteiger partial charge >= 0.3 is 6.18 Å². The Bertz CT molecular complexity index is 994. The number of alkyl halides is 3. The second-order valence-electron chi connectivity index (χ2n) is 6.56. The van der Waals surface area contributed by atoms with Gasteiger partial charge in [-0.3, -0.25) is 0 Å². The lowest BCUT2D eigenvalue weighted by atomic mass is 9.99. The van der Waals surface area contributed by atoms with Crippen molar-refractivity contribution in [2.75, 3.05) is 0 Å². The number of halogens is 4. The van der Waals surface area contributed by atoms with Crippen LogP contribution in [0.1, 0.15) is 29.7 Å². The van der Waals surface area contributed by atoms with Gasteiger partial charge < -0.3 is 0 Å². The SMILES string of the molecule is Fc1cc(-c2ccc(C3=CCCC3)cc2)ccc1-c1ccc(C(F)(F)F)s1. The average molecular weight is 388 g/mol. The van der Waals surface area contributed by atoms with Gasteiger partial charge in [0.05, 0.1) is 0 Å². The van der Waals surface area contributed by atoms with E-state index in [1.54, 1.807) is 12.1 Å². The van der Waals surface area contributed by atoms with Crippen LogP contribution in [0.5, 0.6) is 0 Å². The second kappa shape index (κ2) is 6.97. The van der Waals surface area contributed by atoms with Crippen molar-refractivity contribution in [3.63, 3.8) is 0 Å². The minimum absolute atomic E-state index is 0.187. The van der Waals surface area contributed by atoms with Gasteiger partial charge in [0.2, 0.25) is 0 Å². The fraction of sp³-hybridized carbons (Fsp3) is 0.182. The zero-order valence-electron chi connectivity index (χ0n) is 14.3. The first-order valence-electron chi connectivity index (χ1n) is 8.68. The van der Waals surface area contributed by atoms with E-state index in [9.17, 15) is 17.6 Å². The molecule has 0 fully saturated rings. The van der Waals surface area contributed by atoms with E-state index in [0.29, 0.717) is 16.9 Å². The summed E-state index contributed by atoms with van der Waals surface area (Å²) in [5, 5.41) is 0. The lowest BCUT2D eigenvalue weighted by Gasteiger charge is -2.08. The predicted octanol–water partition coefficient (Wildman–Crippen LogP) is 7.81. The second-order valence-corrected chi connectivity index (χ2v) is 7.64. The van der Waals surface area contributed by atoms with Crippen LogP contribution in [0, 0.1) is 5.82 Å². The summed E-state index contributed by atoms with van der Waals surface area (Å²) in [5.41, 5.74) is 4.31. The van der Waals surface area contributed by atoms with Crippen LogP contribution >= 0.6 is 11.3 Å². The van der Waals surface area contributed by atoms with Gasteiger partial charge in [-0.15, -0.1) is 11.3 Å². The third kappa shape index (κ3) is 3.69. The molecular weight excluding hydrogens is 372 g/mol. The van der Waals surface area contributed by atoms with E-state index in [1.165, 1.54) is 29.7 Å². The summed E-state index contributed by atoms with van der Waals surface area (Å²) in [7, 11) is 0. The van der Waals surface area contributed by atoms with Crippen molar-refractivity contribution in [2.45, 2.75) is 25.4 Å². The maximum absolute atomic E-state index is 14.6. The average Bonchev–Trinajstić information content (AvgIpc) is 3.33. The van der Waals surface area contributed by atoms with Crippen molar-refractivity contribution in [2.24, 2.45) is 0 Å². The van der Waals surface area contributed by atoms with Gasteiger partial charge in [0.1, 0.15) is 10.7 Å². The summed E-state index contributed by atoms with van der Waals surface area (Å²) < 4.78 is 52.8. The fourth-order valence-corrected chi connectivity index (χ4v) is 4.24. The minimum Gasteiger partial charge on any atom is -0.206 e. The van der Waals surface area contributed by atoms with Crippen LogP contribution in [0.3, 0.4) is 0 Å². The van der Waals surface area contributed by atoms with E-state index < -0.39 is 16.9 Å². The van der Waals surface area contributed by atoms with E-state index in [0.717, 1.165) is 24.5 Å². The molecule has 1 aliphatic carbocycles. The van der Waals surface area contributed by atoms with Crippen LogP contribution < -0.4 is 0 Å². The maximum Gasteiger partial charge on any atom is 0.425 e. The summed E-state index contributed by atoms with van der Waals surface area (Å²) in [6.45, 7) is 0. The highest BCUT2D eigenvalue weighted by Crippen LogP contribution is 2.39. The van der Waals surface area contributed by atoms with E-state index in [1.807, 2.05) is 24.3 Å². The molecule has 0 spiro atoms. The lowest BCUT2D eigenvalue weighted by molar-refractivity contribution is -0.134. The standard InChI is InChI=1S/C22H16F4S/c23-19-13-17(16-7-5-15(6-8-16)14-3-1-2-4-14)9-10-18(19)20-11-12-21(27-20)22(24,25)26/h3,5-13H,1-2,4H2. The molecule has 4 rings (SSSR count). The molecule has 1 aromatic heterocycles. The highest BCUT2D eigenvalue weighted by atomic mass is 32.1. The third-order valence-electron chi connectivity index (χ3n) is 4.75. The van der Waals surface area contributed by atoms with Crippen molar-refractivity contribution in [3.8, 4) is 21.6 Å². The Morgan fingerprint density at radius 1 is 0.815 bits per heavy atom. The van der Waals surface area contributed by atoms with E-state index in [4.69, 9.17) is 0 Å². The molecule has 0 atom stereocenters. The molecule has 138 valence electrons. The third-order valence-corrected chi connectivity index (χ3v) is 5.91. The van der Waals surface area contributed by atoms with Crippen molar-refractivity contribution in [1.29, 1.82) is 0 Å². The largest absolute Gasteiger partial charge is 0.425 e. The van der Waals surface area contributed by atoms with Gasteiger partial charge in [-0.05, 0) is 65.8 Å². The quantitative estimate of drug-likeness (QED) is 0.401. The smallest absolute Gasteiger partial charge is 0.206 e. The Hall–Kier alpha value is -2.40. The van der Waals surface area contributed by atoms with Crippen LogP contribution in [0.4, 0.5) is 17.6 Å². The molecule has 0 N–H and O–H groups in total. The molecule has 0 aliphatic heterocycles. The Kier molecular flexibility index (Phi) is 4.64. The van der Waals surface area contributed by atoms with Gasteiger partial charge in [-0.25, -0.2) is 4.39 Å². The number of thiophene rings is 1. The lowest BCUT2D eigenvalue weighted by Crippen LogP contribution is -2.00. The maximum atomic E-state index is 14.6. The summed E-state index contributed by atoms with van der Waals surface area (Å²) in [4.78, 5) is -0.451. The van der Waals surface area contributed by atoms with Crippen LogP contribution in [0.15, 0.2) is 60.7 Å². The molecule has 3 aromatic rings. The zero-order valence-corrected chi connectivity index (χ0v) is 15.1. The summed E-state index contributed by atoms with van der Waals surface area (Å²) in [6.07, 6.45) is 1.23. The first-order chi connectivity index (χ1) is 12.9. The first kappa shape index (κ1) is 18.0. The highest BCUT2D eigenvalue weighted by Gasteiger charge is 2.32. The molecule has 2 aromatic carbocycles. The van der Waals surface area contributed by atoms with E-state index >= 15 is 0 Å². The number of benzene rings is 2. The molecule has 0 amide bonds. The normalized spacial score (nSPS) is 14.4. The molecule has 0 nitrogen and oxygen atoms in total. The molecule has 0 unspecified atom stereocenters. The number of hydrogen-bond donors (Lipinski definition) is 0. The molecule has 0 saturated carbocycles. The van der Waals surface area contributed by atoms with Crippen LogP contribution in [0.25, 0.3) is 27.1 Å². The monoisotopic (exact) mass is 388 g/mol. The van der Waals surface area contributed by atoms with Crippen molar-refractivity contribution >= 4 is 16.9 Å². The molecule has 5 heteroatoms. The molecule has 1 heterocycles. The molecule has 0 bridgehead atoms. The Morgan fingerprint density at radius 2 is 1.52 bits per heavy atom. The van der Waals surface area contributed by atoms with E-state index in [2.05, 4.69) is 6.08 Å². The van der Waals surface area contributed by atoms with E-state index in [-0.39, 0.29) is 10.4 Å². The predicted molar refractivity (Wildman–Crippen MR) is 102 cm³/mol. The van der Waals surface area contributed by atoms with Crippen molar-refractivity contribution in [1.82, 2.24) is 0 Å². The van der Waals surface area contributed by atoms with Gasteiger partial charge in [0.25, 0.3) is 0 Å².